The molecule has 0 saturated carbocycles. The van der Waals surface area contributed by atoms with Gasteiger partial charge in [-0.05, 0) is 32.9 Å². The van der Waals surface area contributed by atoms with E-state index in [9.17, 15) is 4.79 Å². The number of halogens is 2. The minimum Gasteiger partial charge on any atom is -0.480 e. The zero-order chi connectivity index (χ0) is 9.14. The maximum Gasteiger partial charge on any atom is 0.320 e. The first kappa shape index (κ1) is 12.9. The number of carboxylic acid groups (broad SMARTS) is 1. The lowest BCUT2D eigenvalue weighted by atomic mass is 10.1. The summed E-state index contributed by atoms with van der Waals surface area (Å²) < 4.78 is 0.958. The van der Waals surface area contributed by atoms with E-state index in [2.05, 4.69) is 15.9 Å². The van der Waals surface area contributed by atoms with Crippen LogP contribution in [-0.4, -0.2) is 17.1 Å². The number of hydrogen-bond acceptors (Lipinski definition) is 3. The van der Waals surface area contributed by atoms with Gasteiger partial charge < -0.3 is 10.8 Å². The molecule has 0 radical (unpaired) electrons. The summed E-state index contributed by atoms with van der Waals surface area (Å²) in [5.41, 5.74) is 6.31. The summed E-state index contributed by atoms with van der Waals surface area (Å²) in [7, 11) is 0. The van der Waals surface area contributed by atoms with Crippen LogP contribution in [0, 0.1) is 0 Å². The fraction of sp³-hybridized carbons (Fsp3) is 0.286. The van der Waals surface area contributed by atoms with Crippen molar-refractivity contribution in [1.82, 2.24) is 0 Å². The summed E-state index contributed by atoms with van der Waals surface area (Å²) in [4.78, 5) is 10.4. The summed E-state index contributed by atoms with van der Waals surface area (Å²) in [6.07, 6.45) is 0.374. The average molecular weight is 287 g/mol. The van der Waals surface area contributed by atoms with E-state index < -0.39 is 12.0 Å². The van der Waals surface area contributed by atoms with Crippen molar-refractivity contribution in [1.29, 1.82) is 0 Å². The summed E-state index contributed by atoms with van der Waals surface area (Å²) >= 11 is 4.84. The fourth-order valence-corrected chi connectivity index (χ4v) is 2.06. The van der Waals surface area contributed by atoms with Gasteiger partial charge in [0.1, 0.15) is 6.04 Å². The molecule has 74 valence electrons. The van der Waals surface area contributed by atoms with Crippen LogP contribution in [0.3, 0.4) is 0 Å². The molecule has 0 saturated heterocycles. The molecule has 1 rings (SSSR count). The minimum atomic E-state index is -0.965. The Labute approximate surface area is 94.5 Å². The summed E-state index contributed by atoms with van der Waals surface area (Å²) in [5, 5.41) is 10.4. The SMILES string of the molecule is Cl.NC(Cc1ccsc1Br)C(=O)O. The highest BCUT2D eigenvalue weighted by Crippen LogP contribution is 2.24. The second kappa shape index (κ2) is 5.59. The van der Waals surface area contributed by atoms with Crippen molar-refractivity contribution in [2.75, 3.05) is 0 Å². The molecule has 1 unspecified atom stereocenters. The summed E-state index contributed by atoms with van der Waals surface area (Å²) in [5.74, 6) is -0.965. The van der Waals surface area contributed by atoms with Crippen LogP contribution in [0.15, 0.2) is 15.2 Å². The van der Waals surface area contributed by atoms with Crippen LogP contribution in [-0.2, 0) is 11.2 Å². The van der Waals surface area contributed by atoms with Crippen LogP contribution in [0.25, 0.3) is 0 Å². The van der Waals surface area contributed by atoms with E-state index in [0.29, 0.717) is 6.42 Å². The quantitative estimate of drug-likeness (QED) is 0.892. The highest BCUT2D eigenvalue weighted by molar-refractivity contribution is 9.11. The maximum atomic E-state index is 10.4. The second-order valence-electron chi connectivity index (χ2n) is 2.37. The van der Waals surface area contributed by atoms with Crippen molar-refractivity contribution in [2.24, 2.45) is 5.73 Å². The smallest absolute Gasteiger partial charge is 0.320 e. The largest absolute Gasteiger partial charge is 0.480 e. The molecule has 0 aliphatic heterocycles. The van der Waals surface area contributed by atoms with Crippen LogP contribution >= 0.6 is 39.7 Å². The number of carboxylic acids is 1. The van der Waals surface area contributed by atoms with Crippen molar-refractivity contribution in [3.63, 3.8) is 0 Å². The van der Waals surface area contributed by atoms with E-state index in [0.717, 1.165) is 9.35 Å². The molecule has 6 heteroatoms. The van der Waals surface area contributed by atoms with E-state index in [1.54, 1.807) is 0 Å². The molecule has 0 aliphatic rings. The van der Waals surface area contributed by atoms with E-state index in [1.165, 1.54) is 11.3 Å². The van der Waals surface area contributed by atoms with Crippen LogP contribution in [0.5, 0.6) is 0 Å². The molecular formula is C7H9BrClNO2S. The third-order valence-corrected chi connectivity index (χ3v) is 3.26. The van der Waals surface area contributed by atoms with Crippen molar-refractivity contribution in [3.8, 4) is 0 Å². The predicted molar refractivity (Wildman–Crippen MR) is 58.6 cm³/mol. The van der Waals surface area contributed by atoms with E-state index >= 15 is 0 Å². The monoisotopic (exact) mass is 285 g/mol. The molecule has 3 N–H and O–H groups in total. The highest BCUT2D eigenvalue weighted by atomic mass is 79.9. The normalized spacial score (nSPS) is 11.8. The Kier molecular flexibility index (Phi) is 5.55. The predicted octanol–water partition coefficient (Wildman–Crippen LogP) is 1.89. The molecule has 1 heterocycles. The van der Waals surface area contributed by atoms with E-state index in [1.807, 2.05) is 11.4 Å². The van der Waals surface area contributed by atoms with Crippen LogP contribution in [0.2, 0.25) is 0 Å². The average Bonchev–Trinajstić information content (AvgIpc) is 2.36. The molecule has 1 atom stereocenters. The van der Waals surface area contributed by atoms with Gasteiger partial charge in [-0.1, -0.05) is 0 Å². The molecule has 0 spiro atoms. The summed E-state index contributed by atoms with van der Waals surface area (Å²) in [6.45, 7) is 0. The van der Waals surface area contributed by atoms with E-state index in [4.69, 9.17) is 10.8 Å². The van der Waals surface area contributed by atoms with Gasteiger partial charge in [0.25, 0.3) is 0 Å². The first-order chi connectivity index (χ1) is 5.61. The van der Waals surface area contributed by atoms with Gasteiger partial charge >= 0.3 is 5.97 Å². The summed E-state index contributed by atoms with van der Waals surface area (Å²) in [6, 6.07) is 1.06. The Morgan fingerprint density at radius 1 is 1.77 bits per heavy atom. The van der Waals surface area contributed by atoms with Gasteiger partial charge in [-0.15, -0.1) is 23.7 Å². The number of nitrogens with two attached hydrogens (primary N) is 1. The van der Waals surface area contributed by atoms with Crippen molar-refractivity contribution >= 4 is 45.6 Å². The molecule has 1 aromatic rings. The zero-order valence-corrected chi connectivity index (χ0v) is 9.79. The lowest BCUT2D eigenvalue weighted by Gasteiger charge is -2.03. The van der Waals surface area contributed by atoms with Gasteiger partial charge in [0, 0.05) is 6.42 Å². The Morgan fingerprint density at radius 2 is 2.38 bits per heavy atom. The maximum absolute atomic E-state index is 10.4. The van der Waals surface area contributed by atoms with Gasteiger partial charge in [0.15, 0.2) is 0 Å². The number of carbonyl (C=O) groups is 1. The molecule has 0 bridgehead atoms. The zero-order valence-electron chi connectivity index (χ0n) is 6.57. The van der Waals surface area contributed by atoms with Gasteiger partial charge in [0.2, 0.25) is 0 Å². The molecule has 0 amide bonds. The number of thiophene rings is 1. The number of hydrogen-bond donors (Lipinski definition) is 2. The molecule has 13 heavy (non-hydrogen) atoms. The Hall–Kier alpha value is -0.100. The first-order valence-corrected chi connectivity index (χ1v) is 4.99. The molecule has 3 nitrogen and oxygen atoms in total. The topological polar surface area (TPSA) is 63.3 Å². The van der Waals surface area contributed by atoms with Gasteiger partial charge in [0.05, 0.1) is 3.79 Å². The van der Waals surface area contributed by atoms with Crippen LogP contribution in [0.4, 0.5) is 0 Å². The molecule has 1 aromatic heterocycles. The molecule has 0 fully saturated rings. The number of aliphatic carboxylic acids is 1. The van der Waals surface area contributed by atoms with E-state index in [-0.39, 0.29) is 12.4 Å². The Balaban J connectivity index is 0.00000144. The lowest BCUT2D eigenvalue weighted by Crippen LogP contribution is -2.32. The lowest BCUT2D eigenvalue weighted by molar-refractivity contribution is -0.138. The fourth-order valence-electron chi connectivity index (χ4n) is 0.790. The number of rotatable bonds is 3. The minimum absolute atomic E-state index is 0. The van der Waals surface area contributed by atoms with Crippen molar-refractivity contribution in [3.05, 3.63) is 20.8 Å². The third-order valence-electron chi connectivity index (χ3n) is 1.45. The second-order valence-corrected chi connectivity index (χ2v) is 4.60. The third kappa shape index (κ3) is 3.64. The Morgan fingerprint density at radius 3 is 2.77 bits per heavy atom. The van der Waals surface area contributed by atoms with Gasteiger partial charge in [-0.2, -0.15) is 0 Å². The van der Waals surface area contributed by atoms with Crippen molar-refractivity contribution in [2.45, 2.75) is 12.5 Å². The van der Waals surface area contributed by atoms with Crippen LogP contribution < -0.4 is 5.73 Å². The molecular weight excluding hydrogens is 278 g/mol. The van der Waals surface area contributed by atoms with Gasteiger partial charge in [-0.25, -0.2) is 0 Å². The van der Waals surface area contributed by atoms with Crippen molar-refractivity contribution < 1.29 is 9.90 Å². The first-order valence-electron chi connectivity index (χ1n) is 3.31. The molecule has 0 aromatic carbocycles. The highest BCUT2D eigenvalue weighted by Gasteiger charge is 2.13. The standard InChI is InChI=1S/C7H8BrNO2S.ClH/c8-6-4(1-2-12-6)3-5(9)7(10)11;/h1-2,5H,3,9H2,(H,10,11);1H. The Bertz CT molecular complexity index is 292. The molecule has 0 aliphatic carbocycles. The van der Waals surface area contributed by atoms with Crippen LogP contribution in [0.1, 0.15) is 5.56 Å². The van der Waals surface area contributed by atoms with Gasteiger partial charge in [-0.3, -0.25) is 4.79 Å².